The van der Waals surface area contributed by atoms with Crippen LogP contribution in [0.5, 0.6) is 0 Å². The van der Waals surface area contributed by atoms with Crippen molar-refractivity contribution in [1.82, 2.24) is 14.9 Å². The van der Waals surface area contributed by atoms with Gasteiger partial charge in [-0.2, -0.15) is 0 Å². The molecule has 0 spiro atoms. The summed E-state index contributed by atoms with van der Waals surface area (Å²) < 4.78 is 37.1. The average Bonchev–Trinajstić information content (AvgIpc) is 3.27. The van der Waals surface area contributed by atoms with Gasteiger partial charge in [-0.3, -0.25) is 28.5 Å². The quantitative estimate of drug-likeness (QED) is 0.110. The number of aliphatic hydroxyl groups excluding tert-OH is 5. The minimum Gasteiger partial charge on any atom is -0.394 e. The molecule has 2 saturated heterocycles. The molecule has 0 radical (unpaired) electrons. The van der Waals surface area contributed by atoms with Crippen molar-refractivity contribution < 1.29 is 58.2 Å². The smallest absolute Gasteiger partial charge is 0.338 e. The summed E-state index contributed by atoms with van der Waals surface area (Å²) in [6.07, 6.45) is -12.0. The van der Waals surface area contributed by atoms with Crippen LogP contribution in [0.25, 0.3) is 0 Å². The van der Waals surface area contributed by atoms with Gasteiger partial charge in [-0.05, 0) is 5.56 Å². The number of aliphatic hydroxyl groups is 5. The van der Waals surface area contributed by atoms with Crippen molar-refractivity contribution in [1.29, 1.82) is 0 Å². The summed E-state index contributed by atoms with van der Waals surface area (Å²) in [5, 5.41) is 53.8. The number of hydrogen-bond donors (Lipinski definition) is 7. The maximum Gasteiger partial charge on any atom is 0.338 e. The van der Waals surface area contributed by atoms with E-state index in [1.807, 2.05) is 4.98 Å². The number of nitrogens with zero attached hydrogens (tertiary/aromatic N) is 1. The van der Waals surface area contributed by atoms with Crippen LogP contribution in [0.3, 0.4) is 0 Å². The Kier molecular flexibility index (Phi) is 11.6. The molecule has 2 aromatic rings. The molecule has 2 aliphatic heterocycles. The lowest BCUT2D eigenvalue weighted by Gasteiger charge is -2.42. The third-order valence-electron chi connectivity index (χ3n) is 7.37. The zero-order valence-electron chi connectivity index (χ0n) is 24.1. The summed E-state index contributed by atoms with van der Waals surface area (Å²) in [6, 6.07) is 8.28. The predicted octanol–water partition coefficient (Wildman–Crippen LogP) is -2.47. The van der Waals surface area contributed by atoms with Crippen molar-refractivity contribution in [2.75, 3.05) is 19.4 Å². The van der Waals surface area contributed by atoms with E-state index < -0.39 is 111 Å². The Morgan fingerprint density at radius 1 is 0.956 bits per heavy atom. The Morgan fingerprint density at radius 3 is 2.29 bits per heavy atom. The van der Waals surface area contributed by atoms with Crippen molar-refractivity contribution in [3.05, 3.63) is 69.0 Å². The van der Waals surface area contributed by atoms with E-state index >= 15 is 0 Å². The van der Waals surface area contributed by atoms with Gasteiger partial charge in [0.15, 0.2) is 6.23 Å². The van der Waals surface area contributed by atoms with Crippen molar-refractivity contribution >= 4 is 19.3 Å². The van der Waals surface area contributed by atoms with E-state index in [-0.39, 0.29) is 6.61 Å². The number of hydrogen-bond acceptors (Lipinski definition) is 14. The SMILES string of the molecule is CC(=O)N[C@@H]1[C@@H](O)[C@H](O)[C@@H](CO)O[C@@H]1CC(=O)CP(=O)(OCc1ccccc1)OC[C@H]1O[C@@H](n2ccc(=O)[nH]c2=O)[C@H](O)[C@@H]1O. The highest BCUT2D eigenvalue weighted by Crippen LogP contribution is 2.50. The maximum absolute atomic E-state index is 13.9. The number of nitrogens with one attached hydrogen (secondary N) is 2. The molecule has 1 unspecified atom stereocenters. The number of benzene rings is 1. The lowest BCUT2D eigenvalue weighted by molar-refractivity contribution is -0.196. The largest absolute Gasteiger partial charge is 0.394 e. The van der Waals surface area contributed by atoms with Crippen LogP contribution in [-0.4, -0.2) is 115 Å². The van der Waals surface area contributed by atoms with Gasteiger partial charge in [0.1, 0.15) is 48.6 Å². The monoisotopic (exact) mass is 657 g/mol. The Balaban J connectivity index is 1.49. The van der Waals surface area contributed by atoms with Gasteiger partial charge in [0.25, 0.3) is 5.56 Å². The van der Waals surface area contributed by atoms with Gasteiger partial charge in [0.2, 0.25) is 5.91 Å². The second kappa shape index (κ2) is 15.0. The van der Waals surface area contributed by atoms with Crippen LogP contribution in [0.1, 0.15) is 25.1 Å². The minimum atomic E-state index is -4.35. The standard InChI is InChI=1S/C27H36N3O14P/c1-14(32)28-21-17(43-18(10-31)22(35)24(21)37)9-16(33)13-45(40,41-11-15-5-3-2-4-6-15)42-12-19-23(36)25(38)26(44-19)30-8-7-20(34)29-27(30)39/h2-8,17-19,21-26,31,35-38H,9-13H2,1H3,(H,28,32)(H,29,34,39)/t17-,18-,19-,21+,22-,23-,24-,25-,26-,45?/m1/s1. The normalized spacial score (nSPS) is 31.3. The maximum atomic E-state index is 13.9. The number of H-pyrrole nitrogens is 1. The number of carbonyl (C=O) groups is 2. The summed E-state index contributed by atoms with van der Waals surface area (Å²) in [6.45, 7) is -0.440. The lowest BCUT2D eigenvalue weighted by atomic mass is 9.90. The lowest BCUT2D eigenvalue weighted by Crippen LogP contribution is -2.64. The predicted molar refractivity (Wildman–Crippen MR) is 152 cm³/mol. The van der Waals surface area contributed by atoms with Crippen LogP contribution in [0, 0.1) is 0 Å². The van der Waals surface area contributed by atoms with Crippen LogP contribution in [0.2, 0.25) is 0 Å². The van der Waals surface area contributed by atoms with Gasteiger partial charge in [-0.1, -0.05) is 30.3 Å². The van der Waals surface area contributed by atoms with Gasteiger partial charge in [-0.15, -0.1) is 0 Å². The van der Waals surface area contributed by atoms with E-state index in [0.29, 0.717) is 5.56 Å². The molecule has 1 amide bonds. The van der Waals surface area contributed by atoms with Crippen LogP contribution in [-0.2, 0) is 39.3 Å². The minimum absolute atomic E-state index is 0.247. The molecule has 7 N–H and O–H groups in total. The fourth-order valence-corrected chi connectivity index (χ4v) is 6.61. The van der Waals surface area contributed by atoms with Crippen molar-refractivity contribution in [2.24, 2.45) is 0 Å². The van der Waals surface area contributed by atoms with Gasteiger partial charge in [0.05, 0.1) is 32.0 Å². The molecule has 248 valence electrons. The molecule has 3 heterocycles. The summed E-state index contributed by atoms with van der Waals surface area (Å²) in [7, 11) is -4.35. The molecule has 0 saturated carbocycles. The molecule has 1 aromatic carbocycles. The topological polar surface area (TPSA) is 256 Å². The Morgan fingerprint density at radius 2 is 1.64 bits per heavy atom. The number of ketones is 1. The highest BCUT2D eigenvalue weighted by molar-refractivity contribution is 7.54. The fraction of sp³-hybridized carbons (Fsp3) is 0.556. The van der Waals surface area contributed by atoms with Crippen molar-refractivity contribution in [3.8, 4) is 0 Å². The number of ether oxygens (including phenoxy) is 2. The highest BCUT2D eigenvalue weighted by Gasteiger charge is 2.47. The number of carbonyl (C=O) groups excluding carboxylic acids is 2. The molecule has 4 rings (SSSR count). The molecular weight excluding hydrogens is 621 g/mol. The number of Topliss-reactive ketones (excluding diaryl/α,β-unsaturated/α-hetero) is 1. The molecule has 2 aliphatic rings. The zero-order valence-corrected chi connectivity index (χ0v) is 25.0. The van der Waals surface area contributed by atoms with Crippen LogP contribution in [0.15, 0.2) is 52.2 Å². The molecule has 0 aliphatic carbocycles. The summed E-state index contributed by atoms with van der Waals surface area (Å²) in [5.74, 6) is -1.34. The van der Waals surface area contributed by atoms with E-state index in [9.17, 15) is 49.3 Å². The first-order chi connectivity index (χ1) is 21.3. The van der Waals surface area contributed by atoms with E-state index in [4.69, 9.17) is 18.5 Å². The molecule has 2 fully saturated rings. The second-order valence-corrected chi connectivity index (χ2v) is 12.8. The van der Waals surface area contributed by atoms with Gasteiger partial charge < -0.3 is 49.4 Å². The number of aromatic amines is 1. The Bertz CT molecular complexity index is 1480. The molecule has 10 atom stereocenters. The van der Waals surface area contributed by atoms with Crippen LogP contribution >= 0.6 is 7.60 Å². The van der Waals surface area contributed by atoms with E-state index in [1.165, 1.54) is 0 Å². The first-order valence-electron chi connectivity index (χ1n) is 14.0. The Hall–Kier alpha value is -3.09. The first-order valence-corrected chi connectivity index (χ1v) is 15.7. The average molecular weight is 658 g/mol. The molecule has 1 aromatic heterocycles. The van der Waals surface area contributed by atoms with Gasteiger partial charge in [0, 0.05) is 25.6 Å². The van der Waals surface area contributed by atoms with Gasteiger partial charge in [-0.25, -0.2) is 4.79 Å². The Labute approximate surface area is 255 Å². The zero-order chi connectivity index (χ0) is 32.9. The number of aromatic nitrogens is 2. The third kappa shape index (κ3) is 8.59. The van der Waals surface area contributed by atoms with E-state index in [2.05, 4.69) is 5.32 Å². The van der Waals surface area contributed by atoms with Crippen LogP contribution in [0.4, 0.5) is 0 Å². The van der Waals surface area contributed by atoms with Gasteiger partial charge >= 0.3 is 13.3 Å². The number of rotatable bonds is 13. The summed E-state index contributed by atoms with van der Waals surface area (Å²) >= 11 is 0. The summed E-state index contributed by atoms with van der Waals surface area (Å²) in [5.41, 5.74) is -1.01. The summed E-state index contributed by atoms with van der Waals surface area (Å²) in [4.78, 5) is 50.6. The van der Waals surface area contributed by atoms with Crippen molar-refractivity contribution in [3.63, 3.8) is 0 Å². The van der Waals surface area contributed by atoms with Crippen molar-refractivity contribution in [2.45, 2.75) is 74.9 Å². The third-order valence-corrected chi connectivity index (χ3v) is 9.17. The van der Waals surface area contributed by atoms with E-state index in [0.717, 1.165) is 23.8 Å². The fourth-order valence-electron chi connectivity index (χ4n) is 5.07. The molecule has 45 heavy (non-hydrogen) atoms. The van der Waals surface area contributed by atoms with Crippen LogP contribution < -0.4 is 16.6 Å². The molecule has 17 nitrogen and oxygen atoms in total. The second-order valence-electron chi connectivity index (χ2n) is 10.7. The molecule has 0 bridgehead atoms. The molecule has 18 heteroatoms. The first kappa shape index (κ1) is 34.8. The highest BCUT2D eigenvalue weighted by atomic mass is 31.2. The molecular formula is C27H36N3O14P. The van der Waals surface area contributed by atoms with E-state index in [1.54, 1.807) is 30.3 Å². The number of amides is 1.